The third-order valence-electron chi connectivity index (χ3n) is 3.14. The van der Waals surface area contributed by atoms with Crippen LogP contribution >= 0.6 is 0 Å². The number of fused-ring (bicyclic) bond motifs is 1. The molecule has 2 aromatic rings. The Morgan fingerprint density at radius 1 is 1.18 bits per heavy atom. The second kappa shape index (κ2) is 3.77. The molecule has 3 heteroatoms. The molecule has 0 amide bonds. The molecule has 86 valence electrons. The molecule has 0 saturated carbocycles. The van der Waals surface area contributed by atoms with Crippen LogP contribution in [0.3, 0.4) is 0 Å². The summed E-state index contributed by atoms with van der Waals surface area (Å²) < 4.78 is 0. The van der Waals surface area contributed by atoms with Crippen LogP contribution in [0.5, 0.6) is 0 Å². The molecule has 1 aliphatic rings. The van der Waals surface area contributed by atoms with Crippen molar-refractivity contribution in [1.29, 1.82) is 0 Å². The van der Waals surface area contributed by atoms with E-state index in [1.54, 1.807) is 0 Å². The molecule has 1 N–H and O–H groups in total. The third-order valence-corrected chi connectivity index (χ3v) is 3.14. The number of hydrogen-bond donors (Lipinski definition) is 1. The van der Waals surface area contributed by atoms with Gasteiger partial charge in [0.1, 0.15) is 6.17 Å². The van der Waals surface area contributed by atoms with E-state index in [0.717, 1.165) is 11.5 Å². The first-order chi connectivity index (χ1) is 8.27. The Labute approximate surface area is 101 Å². The van der Waals surface area contributed by atoms with Gasteiger partial charge in [-0.15, -0.1) is 0 Å². The SMILES string of the molecule is Cc1ccccc1N1c2ncccc2N[C@H]1C. The van der Waals surface area contributed by atoms with Crippen molar-refractivity contribution in [1.82, 2.24) is 4.98 Å². The first-order valence-electron chi connectivity index (χ1n) is 5.84. The molecule has 17 heavy (non-hydrogen) atoms. The van der Waals surface area contributed by atoms with Crippen LogP contribution in [0.2, 0.25) is 0 Å². The number of aromatic nitrogens is 1. The number of nitrogens with one attached hydrogen (secondary N) is 1. The summed E-state index contributed by atoms with van der Waals surface area (Å²) >= 11 is 0. The second-order valence-corrected chi connectivity index (χ2v) is 4.35. The first-order valence-corrected chi connectivity index (χ1v) is 5.84. The first kappa shape index (κ1) is 10.1. The van der Waals surface area contributed by atoms with Crippen molar-refractivity contribution < 1.29 is 0 Å². The van der Waals surface area contributed by atoms with Gasteiger partial charge in [-0.1, -0.05) is 18.2 Å². The summed E-state index contributed by atoms with van der Waals surface area (Å²) in [5, 5.41) is 3.44. The number of hydrogen-bond acceptors (Lipinski definition) is 3. The summed E-state index contributed by atoms with van der Waals surface area (Å²) in [6.07, 6.45) is 2.07. The van der Waals surface area contributed by atoms with E-state index in [2.05, 4.69) is 59.4 Å². The maximum Gasteiger partial charge on any atom is 0.158 e. The molecule has 1 aliphatic heterocycles. The Kier molecular flexibility index (Phi) is 2.25. The summed E-state index contributed by atoms with van der Waals surface area (Å²) in [6, 6.07) is 12.4. The van der Waals surface area contributed by atoms with Crippen LogP contribution < -0.4 is 10.2 Å². The summed E-state index contributed by atoms with van der Waals surface area (Å²) in [7, 11) is 0. The normalized spacial score (nSPS) is 17.8. The van der Waals surface area contributed by atoms with Gasteiger partial charge in [-0.2, -0.15) is 0 Å². The Hall–Kier alpha value is -2.03. The molecular weight excluding hydrogens is 210 g/mol. The zero-order valence-electron chi connectivity index (χ0n) is 10.0. The largest absolute Gasteiger partial charge is 0.362 e. The highest BCUT2D eigenvalue weighted by Gasteiger charge is 2.28. The van der Waals surface area contributed by atoms with Gasteiger partial charge in [0, 0.05) is 11.9 Å². The predicted molar refractivity (Wildman–Crippen MR) is 70.6 cm³/mol. The summed E-state index contributed by atoms with van der Waals surface area (Å²) in [5.41, 5.74) is 3.58. The zero-order chi connectivity index (χ0) is 11.8. The lowest BCUT2D eigenvalue weighted by Gasteiger charge is -2.24. The van der Waals surface area contributed by atoms with E-state index in [0.29, 0.717) is 0 Å². The summed E-state index contributed by atoms with van der Waals surface area (Å²) in [6.45, 7) is 4.27. The molecule has 0 bridgehead atoms. The van der Waals surface area contributed by atoms with Gasteiger partial charge in [-0.05, 0) is 37.6 Å². The quantitative estimate of drug-likeness (QED) is 0.807. The molecule has 0 radical (unpaired) electrons. The highest BCUT2D eigenvalue weighted by Crippen LogP contribution is 2.38. The molecule has 0 unspecified atom stereocenters. The van der Waals surface area contributed by atoms with Gasteiger partial charge in [-0.25, -0.2) is 4.98 Å². The standard InChI is InChI=1S/C14H15N3/c1-10-6-3-4-8-13(10)17-11(2)16-12-7-5-9-15-14(12)17/h3-9,11,16H,1-2H3/t11-/m1/s1. The molecule has 3 rings (SSSR count). The van der Waals surface area contributed by atoms with E-state index in [-0.39, 0.29) is 6.17 Å². The van der Waals surface area contributed by atoms with E-state index in [4.69, 9.17) is 0 Å². The Morgan fingerprint density at radius 3 is 2.82 bits per heavy atom. The maximum atomic E-state index is 4.47. The fourth-order valence-corrected chi connectivity index (χ4v) is 2.33. The number of nitrogens with zero attached hydrogens (tertiary/aromatic N) is 2. The van der Waals surface area contributed by atoms with E-state index in [9.17, 15) is 0 Å². The Morgan fingerprint density at radius 2 is 2.00 bits per heavy atom. The van der Waals surface area contributed by atoms with Crippen molar-refractivity contribution >= 4 is 17.2 Å². The van der Waals surface area contributed by atoms with Crippen molar-refractivity contribution in [2.24, 2.45) is 0 Å². The number of pyridine rings is 1. The topological polar surface area (TPSA) is 28.2 Å². The van der Waals surface area contributed by atoms with E-state index in [1.165, 1.54) is 11.3 Å². The lowest BCUT2D eigenvalue weighted by Crippen LogP contribution is -2.29. The molecule has 1 aromatic heterocycles. The number of rotatable bonds is 1. The van der Waals surface area contributed by atoms with Gasteiger partial charge in [0.25, 0.3) is 0 Å². The van der Waals surface area contributed by atoms with Gasteiger partial charge in [-0.3, -0.25) is 0 Å². The number of para-hydroxylation sites is 1. The fourth-order valence-electron chi connectivity index (χ4n) is 2.33. The lowest BCUT2D eigenvalue weighted by atomic mass is 10.2. The van der Waals surface area contributed by atoms with Crippen molar-refractivity contribution in [2.75, 3.05) is 10.2 Å². The average Bonchev–Trinajstić information content (AvgIpc) is 2.66. The zero-order valence-corrected chi connectivity index (χ0v) is 10.0. The molecule has 2 heterocycles. The van der Waals surface area contributed by atoms with E-state index >= 15 is 0 Å². The molecule has 1 aromatic carbocycles. The highest BCUT2D eigenvalue weighted by molar-refractivity contribution is 5.80. The van der Waals surface area contributed by atoms with Crippen LogP contribution in [0.15, 0.2) is 42.6 Å². The fraction of sp³-hybridized carbons (Fsp3) is 0.214. The number of anilines is 3. The smallest absolute Gasteiger partial charge is 0.158 e. The molecule has 1 atom stereocenters. The van der Waals surface area contributed by atoms with Crippen LogP contribution in [-0.2, 0) is 0 Å². The monoisotopic (exact) mass is 225 g/mol. The van der Waals surface area contributed by atoms with Gasteiger partial charge in [0.2, 0.25) is 0 Å². The molecule has 3 nitrogen and oxygen atoms in total. The van der Waals surface area contributed by atoms with Crippen LogP contribution in [0.4, 0.5) is 17.2 Å². The van der Waals surface area contributed by atoms with Gasteiger partial charge >= 0.3 is 0 Å². The van der Waals surface area contributed by atoms with Crippen molar-refractivity contribution in [3.05, 3.63) is 48.2 Å². The number of benzene rings is 1. The predicted octanol–water partition coefficient (Wildman–Crippen LogP) is 3.30. The highest BCUT2D eigenvalue weighted by atomic mass is 15.4. The van der Waals surface area contributed by atoms with Crippen LogP contribution in [0.1, 0.15) is 12.5 Å². The van der Waals surface area contributed by atoms with E-state index < -0.39 is 0 Å². The molecular formula is C14H15N3. The minimum atomic E-state index is 0.237. The molecule has 0 saturated heterocycles. The minimum Gasteiger partial charge on any atom is -0.362 e. The van der Waals surface area contributed by atoms with Crippen molar-refractivity contribution in [3.63, 3.8) is 0 Å². The van der Waals surface area contributed by atoms with Crippen LogP contribution in [-0.4, -0.2) is 11.1 Å². The maximum absolute atomic E-state index is 4.47. The van der Waals surface area contributed by atoms with Gasteiger partial charge in [0.05, 0.1) is 5.69 Å². The van der Waals surface area contributed by atoms with Crippen molar-refractivity contribution in [3.8, 4) is 0 Å². The Balaban J connectivity index is 2.13. The molecule has 0 spiro atoms. The molecule has 0 fully saturated rings. The Bertz CT molecular complexity index is 551. The second-order valence-electron chi connectivity index (χ2n) is 4.35. The van der Waals surface area contributed by atoms with Crippen molar-refractivity contribution in [2.45, 2.75) is 20.0 Å². The molecule has 0 aliphatic carbocycles. The minimum absolute atomic E-state index is 0.237. The lowest BCUT2D eigenvalue weighted by molar-refractivity contribution is 0.831. The van der Waals surface area contributed by atoms with Gasteiger partial charge < -0.3 is 10.2 Å². The van der Waals surface area contributed by atoms with Crippen LogP contribution in [0, 0.1) is 6.92 Å². The third kappa shape index (κ3) is 1.55. The average molecular weight is 225 g/mol. The van der Waals surface area contributed by atoms with Crippen LogP contribution in [0.25, 0.3) is 0 Å². The van der Waals surface area contributed by atoms with E-state index in [1.807, 2.05) is 12.3 Å². The summed E-state index contributed by atoms with van der Waals surface area (Å²) in [5.74, 6) is 1.01. The number of aryl methyl sites for hydroxylation is 1. The van der Waals surface area contributed by atoms with Gasteiger partial charge in [0.15, 0.2) is 5.82 Å². The summed E-state index contributed by atoms with van der Waals surface area (Å²) in [4.78, 5) is 6.71.